The third-order valence-electron chi connectivity index (χ3n) is 0.496. The highest BCUT2D eigenvalue weighted by molar-refractivity contribution is 5.03. The second-order valence-corrected chi connectivity index (χ2v) is 0.978. The predicted molar refractivity (Wildman–Crippen MR) is 21.3 cm³/mol. The first-order valence-electron chi connectivity index (χ1n) is 1.70. The van der Waals surface area contributed by atoms with Crippen LogP contribution in [0.3, 0.4) is 0 Å². The highest BCUT2D eigenvalue weighted by Crippen LogP contribution is 1.76. The van der Waals surface area contributed by atoms with Gasteiger partial charge in [-0.25, -0.2) is 0 Å². The molecule has 0 aliphatic rings. The SMILES string of the molecule is N#Cc1nnn([O-])n1. The normalized spacial score (nSPS) is 8.38. The van der Waals surface area contributed by atoms with Crippen molar-refractivity contribution in [3.63, 3.8) is 0 Å². The second kappa shape index (κ2) is 1.46. The number of aromatic nitrogens is 4. The Hall–Kier alpha value is -1.64. The molecule has 0 N–H and O–H groups in total. The van der Waals surface area contributed by atoms with Crippen LogP contribution in [0.4, 0.5) is 0 Å². The van der Waals surface area contributed by atoms with E-state index in [1.807, 2.05) is 0 Å². The smallest absolute Gasteiger partial charge is 0.273 e. The van der Waals surface area contributed by atoms with Crippen LogP contribution in [0.25, 0.3) is 0 Å². The minimum absolute atomic E-state index is 0.0153. The van der Waals surface area contributed by atoms with E-state index in [2.05, 4.69) is 15.4 Å². The van der Waals surface area contributed by atoms with E-state index in [0.717, 1.165) is 0 Å². The molecule has 0 fully saturated rings. The number of tetrazole rings is 1. The van der Waals surface area contributed by atoms with Crippen molar-refractivity contribution < 1.29 is 0 Å². The van der Waals surface area contributed by atoms with Crippen LogP contribution in [0.5, 0.6) is 0 Å². The molecular weight excluding hydrogens is 110 g/mol. The fourth-order valence-electron chi connectivity index (χ4n) is 0.246. The molecule has 0 saturated heterocycles. The fourth-order valence-corrected chi connectivity index (χ4v) is 0.246. The molecule has 40 valence electrons. The Morgan fingerprint density at radius 2 is 2.50 bits per heavy atom. The third-order valence-corrected chi connectivity index (χ3v) is 0.496. The molecule has 0 amide bonds. The number of hydrogen-bond donors (Lipinski definition) is 0. The van der Waals surface area contributed by atoms with Crippen LogP contribution in [0.1, 0.15) is 5.82 Å². The first-order valence-corrected chi connectivity index (χ1v) is 1.70. The lowest BCUT2D eigenvalue weighted by Gasteiger charge is -1.91. The quantitative estimate of drug-likeness (QED) is 0.422. The molecule has 1 rings (SSSR count). The van der Waals surface area contributed by atoms with Gasteiger partial charge in [-0.3, -0.25) is 0 Å². The van der Waals surface area contributed by atoms with Gasteiger partial charge in [-0.1, -0.05) is 10.3 Å². The molecule has 0 spiro atoms. The maximum atomic E-state index is 9.93. The molecule has 0 saturated carbocycles. The summed E-state index contributed by atoms with van der Waals surface area (Å²) in [4.78, 5) is -0.0153. The fraction of sp³-hybridized carbons (Fsp3) is 0. The van der Waals surface area contributed by atoms with Crippen LogP contribution in [0.15, 0.2) is 0 Å². The summed E-state index contributed by atoms with van der Waals surface area (Å²) in [6, 6.07) is 1.54. The van der Waals surface area contributed by atoms with E-state index in [1.54, 1.807) is 6.07 Å². The average molecular weight is 110 g/mol. The van der Waals surface area contributed by atoms with Crippen molar-refractivity contribution in [1.82, 2.24) is 20.4 Å². The topological polar surface area (TPSA) is 90.5 Å². The molecule has 0 bridgehead atoms. The van der Waals surface area contributed by atoms with Gasteiger partial charge in [-0.05, 0) is 0 Å². The van der Waals surface area contributed by atoms with E-state index < -0.39 is 0 Å². The van der Waals surface area contributed by atoms with Crippen LogP contribution in [0.2, 0.25) is 0 Å². The first-order chi connectivity index (χ1) is 3.83. The summed E-state index contributed by atoms with van der Waals surface area (Å²) in [6.45, 7) is 0. The van der Waals surface area contributed by atoms with Crippen LogP contribution < -0.4 is 0 Å². The molecule has 6 heteroatoms. The van der Waals surface area contributed by atoms with Crippen molar-refractivity contribution in [3.05, 3.63) is 11.0 Å². The highest BCUT2D eigenvalue weighted by Gasteiger charge is 1.90. The number of nitriles is 1. The Kier molecular flexibility index (Phi) is 0.823. The summed E-state index contributed by atoms with van der Waals surface area (Å²) in [5.41, 5.74) is 0. The third kappa shape index (κ3) is 0.562. The Bertz CT molecular complexity index is 221. The van der Waals surface area contributed by atoms with Gasteiger partial charge < -0.3 is 5.21 Å². The zero-order valence-electron chi connectivity index (χ0n) is 3.64. The van der Waals surface area contributed by atoms with E-state index in [1.165, 1.54) is 0 Å². The second-order valence-electron chi connectivity index (χ2n) is 0.978. The number of nitrogens with zero attached hydrogens (tertiary/aromatic N) is 5. The molecule has 1 aromatic heterocycles. The Balaban J connectivity index is 3.05. The maximum absolute atomic E-state index is 9.93. The van der Waals surface area contributed by atoms with Crippen molar-refractivity contribution in [2.24, 2.45) is 0 Å². The molecule has 0 radical (unpaired) electrons. The minimum atomic E-state index is -0.208. The Labute approximate surface area is 43.9 Å². The largest absolute Gasteiger partial charge is 0.773 e. The molecular formula is C2N5O-. The lowest BCUT2D eigenvalue weighted by atomic mass is 10.7. The maximum Gasteiger partial charge on any atom is 0.273 e. The standard InChI is InChI=1S/C2N5O/c3-1-2-4-6-7(8)5-2/q-1. The van der Waals surface area contributed by atoms with Gasteiger partial charge in [-0.2, -0.15) is 10.2 Å². The van der Waals surface area contributed by atoms with Gasteiger partial charge in [-0.15, -0.1) is 5.10 Å². The van der Waals surface area contributed by atoms with Crippen LogP contribution in [0, 0.1) is 16.5 Å². The summed E-state index contributed by atoms with van der Waals surface area (Å²) < 4.78 is 0. The summed E-state index contributed by atoms with van der Waals surface area (Å²) in [5.74, 6) is -0.208. The molecule has 6 nitrogen and oxygen atoms in total. The van der Waals surface area contributed by atoms with E-state index in [9.17, 15) is 5.21 Å². The molecule has 8 heavy (non-hydrogen) atoms. The van der Waals surface area contributed by atoms with Crippen LogP contribution in [-0.4, -0.2) is 20.4 Å². The van der Waals surface area contributed by atoms with Gasteiger partial charge >= 0.3 is 0 Å². The van der Waals surface area contributed by atoms with Crippen molar-refractivity contribution >= 4 is 0 Å². The lowest BCUT2D eigenvalue weighted by Crippen LogP contribution is -1.89. The lowest BCUT2D eigenvalue weighted by molar-refractivity contribution is 0.722. The van der Waals surface area contributed by atoms with Gasteiger partial charge in [0, 0.05) is 0 Å². The molecule has 0 atom stereocenters. The van der Waals surface area contributed by atoms with Gasteiger partial charge in [0.2, 0.25) is 0 Å². The minimum Gasteiger partial charge on any atom is -0.773 e. The van der Waals surface area contributed by atoms with E-state index in [4.69, 9.17) is 5.26 Å². The predicted octanol–water partition coefficient (Wildman–Crippen LogP) is -1.11. The van der Waals surface area contributed by atoms with Gasteiger partial charge in [0.25, 0.3) is 5.82 Å². The van der Waals surface area contributed by atoms with Gasteiger partial charge in [0.05, 0.1) is 0 Å². The van der Waals surface area contributed by atoms with Crippen molar-refractivity contribution in [1.29, 1.82) is 5.26 Å². The summed E-state index contributed by atoms with van der Waals surface area (Å²) >= 11 is 0. The molecule has 0 unspecified atom stereocenters. The summed E-state index contributed by atoms with van der Waals surface area (Å²) in [6.07, 6.45) is 0. The first kappa shape index (κ1) is 4.52. The monoisotopic (exact) mass is 110 g/mol. The van der Waals surface area contributed by atoms with Crippen molar-refractivity contribution in [2.45, 2.75) is 0 Å². The summed E-state index contributed by atoms with van der Waals surface area (Å²) in [7, 11) is 0. The molecule has 0 aliphatic carbocycles. The Morgan fingerprint density at radius 1 is 1.75 bits per heavy atom. The van der Waals surface area contributed by atoms with Gasteiger partial charge in [0.15, 0.2) is 0 Å². The summed E-state index contributed by atoms with van der Waals surface area (Å²) in [5, 5.41) is 26.8. The zero-order valence-corrected chi connectivity index (χ0v) is 3.64. The molecule has 0 aromatic carbocycles. The average Bonchev–Trinajstić information content (AvgIpc) is 2.14. The molecule has 0 aliphatic heterocycles. The molecule has 1 heterocycles. The zero-order chi connectivity index (χ0) is 5.98. The number of rotatable bonds is 0. The van der Waals surface area contributed by atoms with E-state index in [-0.39, 0.29) is 10.8 Å². The van der Waals surface area contributed by atoms with Crippen molar-refractivity contribution in [3.8, 4) is 6.07 Å². The molecule has 1 aromatic rings. The van der Waals surface area contributed by atoms with Crippen molar-refractivity contribution in [2.75, 3.05) is 0 Å². The number of hydrogen-bond acceptors (Lipinski definition) is 5. The van der Waals surface area contributed by atoms with E-state index in [0.29, 0.717) is 0 Å². The van der Waals surface area contributed by atoms with Crippen LogP contribution in [-0.2, 0) is 0 Å². The van der Waals surface area contributed by atoms with E-state index >= 15 is 0 Å². The van der Waals surface area contributed by atoms with Gasteiger partial charge in [0.1, 0.15) is 6.07 Å². The van der Waals surface area contributed by atoms with Crippen LogP contribution >= 0.6 is 0 Å². The Morgan fingerprint density at radius 3 is 2.75 bits per heavy atom. The highest BCUT2D eigenvalue weighted by atomic mass is 16.5.